The number of nitrogens with zero attached hydrogens (tertiary/aromatic N) is 3. The van der Waals surface area contributed by atoms with Crippen LogP contribution < -0.4 is 5.32 Å². The molecule has 140 valence electrons. The molecule has 1 N–H and O–H groups in total. The van der Waals surface area contributed by atoms with Crippen LogP contribution in [0.2, 0.25) is 0 Å². The number of carbonyl (C=O) groups is 1. The number of anilines is 1. The van der Waals surface area contributed by atoms with Gasteiger partial charge in [0.15, 0.2) is 0 Å². The second kappa shape index (κ2) is 7.64. The van der Waals surface area contributed by atoms with Crippen molar-refractivity contribution in [2.24, 2.45) is 0 Å². The monoisotopic (exact) mass is 370 g/mol. The average molecular weight is 370 g/mol. The summed E-state index contributed by atoms with van der Waals surface area (Å²) in [5.74, 6) is 0.139. The molecule has 0 bridgehead atoms. The van der Waals surface area contributed by atoms with Crippen LogP contribution in [0.5, 0.6) is 0 Å². The van der Waals surface area contributed by atoms with Gasteiger partial charge < -0.3 is 9.72 Å². The number of imidazole rings is 1. The Hall–Kier alpha value is -3.47. The maximum Gasteiger partial charge on any atom is 0.255 e. The van der Waals surface area contributed by atoms with Crippen LogP contribution >= 0.6 is 0 Å². The van der Waals surface area contributed by atoms with Crippen molar-refractivity contribution >= 4 is 17.2 Å². The third-order valence-corrected chi connectivity index (χ3v) is 4.72. The van der Waals surface area contributed by atoms with Gasteiger partial charge in [0.05, 0.1) is 11.4 Å². The molecule has 28 heavy (non-hydrogen) atoms. The third kappa shape index (κ3) is 3.64. The first-order chi connectivity index (χ1) is 13.6. The van der Waals surface area contributed by atoms with Crippen LogP contribution in [0.1, 0.15) is 47.1 Å². The summed E-state index contributed by atoms with van der Waals surface area (Å²) in [4.78, 5) is 21.4. The molecule has 0 fully saturated rings. The molecule has 5 nitrogen and oxygen atoms in total. The van der Waals surface area contributed by atoms with E-state index in [2.05, 4.69) is 52.8 Å². The third-order valence-electron chi connectivity index (χ3n) is 4.72. The highest BCUT2D eigenvalue weighted by molar-refractivity contribution is 6.04. The van der Waals surface area contributed by atoms with Crippen LogP contribution in [0, 0.1) is 0 Å². The second-order valence-corrected chi connectivity index (χ2v) is 7.09. The lowest BCUT2D eigenvalue weighted by Gasteiger charge is -2.08. The predicted octanol–water partition coefficient (Wildman–Crippen LogP) is 4.70. The van der Waals surface area contributed by atoms with Gasteiger partial charge in [0.25, 0.3) is 5.91 Å². The number of carbonyl (C=O) groups excluding carboxylic acids is 1. The van der Waals surface area contributed by atoms with Crippen LogP contribution in [-0.4, -0.2) is 20.3 Å². The van der Waals surface area contributed by atoms with Crippen LogP contribution in [0.3, 0.4) is 0 Å². The van der Waals surface area contributed by atoms with E-state index in [1.165, 1.54) is 5.56 Å². The maximum atomic E-state index is 12.6. The summed E-state index contributed by atoms with van der Waals surface area (Å²) in [5, 5.41) is 2.89. The van der Waals surface area contributed by atoms with Gasteiger partial charge in [-0.1, -0.05) is 44.2 Å². The van der Waals surface area contributed by atoms with Crippen molar-refractivity contribution < 1.29 is 4.79 Å². The Labute approximate surface area is 164 Å². The molecule has 3 aromatic heterocycles. The molecule has 1 aromatic carbocycles. The van der Waals surface area contributed by atoms with E-state index in [9.17, 15) is 4.79 Å². The Bertz CT molecular complexity index is 1100. The summed E-state index contributed by atoms with van der Waals surface area (Å²) >= 11 is 0. The molecule has 3 heterocycles. The molecule has 0 unspecified atom stereocenters. The van der Waals surface area contributed by atoms with Crippen molar-refractivity contribution in [3.05, 3.63) is 95.7 Å². The van der Waals surface area contributed by atoms with Gasteiger partial charge >= 0.3 is 0 Å². The zero-order valence-corrected chi connectivity index (χ0v) is 16.0. The van der Waals surface area contributed by atoms with Gasteiger partial charge in [0, 0.05) is 36.3 Å². The van der Waals surface area contributed by atoms with E-state index < -0.39 is 0 Å². The summed E-state index contributed by atoms with van der Waals surface area (Å²) in [7, 11) is 0. The van der Waals surface area contributed by atoms with E-state index in [4.69, 9.17) is 4.98 Å². The highest BCUT2D eigenvalue weighted by Crippen LogP contribution is 2.24. The number of amides is 1. The van der Waals surface area contributed by atoms with Crippen LogP contribution in [0.4, 0.5) is 5.69 Å². The lowest BCUT2D eigenvalue weighted by molar-refractivity contribution is 0.102. The molecular formula is C23H22N4O. The molecule has 0 aliphatic heterocycles. The minimum atomic E-state index is -0.160. The summed E-state index contributed by atoms with van der Waals surface area (Å²) < 4.78 is 2.09. The Morgan fingerprint density at radius 2 is 1.82 bits per heavy atom. The van der Waals surface area contributed by atoms with E-state index >= 15 is 0 Å². The van der Waals surface area contributed by atoms with Crippen molar-refractivity contribution in [1.82, 2.24) is 14.4 Å². The van der Waals surface area contributed by atoms with Gasteiger partial charge in [-0.3, -0.25) is 9.78 Å². The van der Waals surface area contributed by atoms with Gasteiger partial charge in [-0.2, -0.15) is 0 Å². The molecule has 0 aliphatic carbocycles. The van der Waals surface area contributed by atoms with Crippen molar-refractivity contribution in [2.75, 3.05) is 5.32 Å². The molecule has 4 rings (SSSR count). The fourth-order valence-electron chi connectivity index (χ4n) is 3.32. The zero-order valence-electron chi connectivity index (χ0n) is 16.0. The second-order valence-electron chi connectivity index (χ2n) is 7.09. The first kappa shape index (κ1) is 17.9. The number of pyridine rings is 2. The normalized spacial score (nSPS) is 11.1. The minimum absolute atomic E-state index is 0.160. The number of aromatic nitrogens is 3. The first-order valence-corrected chi connectivity index (χ1v) is 9.38. The number of rotatable bonds is 5. The van der Waals surface area contributed by atoms with E-state index in [1.807, 2.05) is 24.4 Å². The molecule has 5 heteroatoms. The van der Waals surface area contributed by atoms with Crippen molar-refractivity contribution in [3.63, 3.8) is 0 Å². The number of hydrogen-bond acceptors (Lipinski definition) is 3. The highest BCUT2D eigenvalue weighted by Gasteiger charge is 2.17. The van der Waals surface area contributed by atoms with Crippen LogP contribution in [0.15, 0.2) is 73.2 Å². The Morgan fingerprint density at radius 1 is 1.07 bits per heavy atom. The summed E-state index contributed by atoms with van der Waals surface area (Å²) in [5.41, 5.74) is 5.56. The molecule has 0 atom stereocenters. The van der Waals surface area contributed by atoms with Gasteiger partial charge in [0.1, 0.15) is 5.65 Å². The number of fused-ring (bicyclic) bond motifs is 1. The maximum absolute atomic E-state index is 12.6. The SMILES string of the molecule is CC(C)c1nc2cc(C(=O)Nc3ccncc3)ccn2c1Cc1ccccc1. The van der Waals surface area contributed by atoms with E-state index in [-0.39, 0.29) is 5.91 Å². The van der Waals surface area contributed by atoms with Gasteiger partial charge in [-0.25, -0.2) is 4.98 Å². The van der Waals surface area contributed by atoms with E-state index in [1.54, 1.807) is 24.5 Å². The number of benzene rings is 1. The summed E-state index contributed by atoms with van der Waals surface area (Å²) in [6.07, 6.45) is 6.04. The Morgan fingerprint density at radius 3 is 2.54 bits per heavy atom. The topological polar surface area (TPSA) is 59.3 Å². The Kier molecular flexibility index (Phi) is 4.89. The van der Waals surface area contributed by atoms with Gasteiger partial charge in [-0.15, -0.1) is 0 Å². The van der Waals surface area contributed by atoms with Crippen molar-refractivity contribution in [3.8, 4) is 0 Å². The first-order valence-electron chi connectivity index (χ1n) is 9.38. The molecule has 0 radical (unpaired) electrons. The molecule has 4 aromatic rings. The highest BCUT2D eigenvalue weighted by atomic mass is 16.1. The molecule has 1 amide bonds. The minimum Gasteiger partial charge on any atom is -0.322 e. The van der Waals surface area contributed by atoms with Crippen molar-refractivity contribution in [2.45, 2.75) is 26.2 Å². The Balaban J connectivity index is 1.69. The quantitative estimate of drug-likeness (QED) is 0.554. The van der Waals surface area contributed by atoms with E-state index in [0.29, 0.717) is 11.5 Å². The molecule has 0 saturated heterocycles. The summed E-state index contributed by atoms with van der Waals surface area (Å²) in [6.45, 7) is 4.29. The lowest BCUT2D eigenvalue weighted by atomic mass is 10.0. The fraction of sp³-hybridized carbons (Fsp3) is 0.174. The summed E-state index contributed by atoms with van der Waals surface area (Å²) in [6, 6.07) is 17.6. The largest absolute Gasteiger partial charge is 0.322 e. The lowest BCUT2D eigenvalue weighted by Crippen LogP contribution is -2.12. The number of hydrogen-bond donors (Lipinski definition) is 1. The van der Waals surface area contributed by atoms with Gasteiger partial charge in [0.2, 0.25) is 0 Å². The van der Waals surface area contributed by atoms with Crippen molar-refractivity contribution in [1.29, 1.82) is 0 Å². The van der Waals surface area contributed by atoms with Crippen LogP contribution in [-0.2, 0) is 6.42 Å². The van der Waals surface area contributed by atoms with Crippen LogP contribution in [0.25, 0.3) is 5.65 Å². The molecule has 0 aliphatic rings. The fourth-order valence-corrected chi connectivity index (χ4v) is 3.32. The molecular weight excluding hydrogens is 348 g/mol. The van der Waals surface area contributed by atoms with E-state index in [0.717, 1.165) is 29.1 Å². The predicted molar refractivity (Wildman–Crippen MR) is 111 cm³/mol. The van der Waals surface area contributed by atoms with Gasteiger partial charge in [-0.05, 0) is 35.7 Å². The molecule has 0 saturated carbocycles. The standard InChI is InChI=1S/C23H22N4O/c1-16(2)22-20(14-17-6-4-3-5-7-17)27-13-10-18(15-21(27)26-22)23(28)25-19-8-11-24-12-9-19/h3-13,15-16H,14H2,1-2H3,(H,24,25,28). The smallest absolute Gasteiger partial charge is 0.255 e. The zero-order chi connectivity index (χ0) is 19.5. The molecule has 0 spiro atoms. The average Bonchev–Trinajstić information content (AvgIpc) is 3.07. The number of nitrogens with one attached hydrogen (secondary N) is 1.